The molecule has 1 heterocycles. The van der Waals surface area contributed by atoms with Gasteiger partial charge >= 0.3 is 5.97 Å². The van der Waals surface area contributed by atoms with E-state index in [0.29, 0.717) is 26.9 Å². The smallest absolute Gasteiger partial charge is 0.328 e. The molecular weight excluding hydrogens is 618 g/mol. The Balaban J connectivity index is 1.78. The predicted molar refractivity (Wildman–Crippen MR) is 130 cm³/mol. The lowest BCUT2D eigenvalue weighted by atomic mass is 10.2. The van der Waals surface area contributed by atoms with Crippen molar-refractivity contribution in [3.05, 3.63) is 65.8 Å². The molecule has 1 aliphatic rings. The summed E-state index contributed by atoms with van der Waals surface area (Å²) in [7, 11) is 1.21. The molecule has 2 amide bonds. The van der Waals surface area contributed by atoms with E-state index in [1.807, 2.05) is 24.3 Å². The molecule has 0 bridgehead atoms. The molecule has 1 aliphatic heterocycles. The highest BCUT2D eigenvalue weighted by Crippen LogP contribution is 2.38. The van der Waals surface area contributed by atoms with Crippen molar-refractivity contribution in [2.45, 2.75) is 19.6 Å². The van der Waals surface area contributed by atoms with Gasteiger partial charge in [-0.1, -0.05) is 28.1 Å². The molecule has 6 nitrogen and oxygen atoms in total. The number of esters is 1. The van der Waals surface area contributed by atoms with Gasteiger partial charge in [-0.05, 0) is 92.0 Å². The van der Waals surface area contributed by atoms with E-state index in [-0.39, 0.29) is 4.91 Å². The minimum atomic E-state index is -0.990. The summed E-state index contributed by atoms with van der Waals surface area (Å²) < 4.78 is 12.9. The van der Waals surface area contributed by atoms with Crippen LogP contribution in [0.5, 0.6) is 5.75 Å². The Kier molecular flexibility index (Phi) is 8.01. The van der Waals surface area contributed by atoms with Crippen LogP contribution in [-0.2, 0) is 20.9 Å². The second-order valence-electron chi connectivity index (χ2n) is 6.48. The standard InChI is InChI=1S/C21H16Br3NO5S/c1-11(20(27)29-2)25-19(26)17(31-21(25)28)9-13-7-15(23)18(16(24)8-13)30-10-12-3-5-14(22)6-4-12/h3-9,11H,10H2,1-2H3/b17-9+/t11-/m1/s1. The molecule has 0 radical (unpaired) electrons. The van der Waals surface area contributed by atoms with Crippen LogP contribution in [0.2, 0.25) is 0 Å². The van der Waals surface area contributed by atoms with Gasteiger partial charge in [0.2, 0.25) is 0 Å². The number of carbonyl (C=O) groups is 3. The lowest BCUT2D eigenvalue weighted by Gasteiger charge is -2.18. The van der Waals surface area contributed by atoms with Crippen molar-refractivity contribution in [3.8, 4) is 5.75 Å². The van der Waals surface area contributed by atoms with E-state index < -0.39 is 23.2 Å². The first-order chi connectivity index (χ1) is 14.7. The molecule has 1 saturated heterocycles. The third kappa shape index (κ3) is 5.60. The summed E-state index contributed by atoms with van der Waals surface area (Å²) in [6.07, 6.45) is 1.60. The van der Waals surface area contributed by atoms with Crippen molar-refractivity contribution in [1.82, 2.24) is 4.90 Å². The largest absolute Gasteiger partial charge is 0.487 e. The Bertz CT molecular complexity index is 1050. The number of rotatable bonds is 6. The first-order valence-corrected chi connectivity index (χ1v) is 12.1. The van der Waals surface area contributed by atoms with Gasteiger partial charge in [-0.25, -0.2) is 4.79 Å². The lowest BCUT2D eigenvalue weighted by molar-refractivity contribution is -0.148. The second-order valence-corrected chi connectivity index (χ2v) is 10.1. The highest BCUT2D eigenvalue weighted by molar-refractivity contribution is 9.11. The molecule has 2 aromatic rings. The van der Waals surface area contributed by atoms with Crippen molar-refractivity contribution in [2.24, 2.45) is 0 Å². The summed E-state index contributed by atoms with van der Waals surface area (Å²) in [6.45, 7) is 1.84. The van der Waals surface area contributed by atoms with Crippen LogP contribution in [0.15, 0.2) is 54.7 Å². The lowest BCUT2D eigenvalue weighted by Crippen LogP contribution is -2.42. The third-order valence-electron chi connectivity index (χ3n) is 4.37. The van der Waals surface area contributed by atoms with Crippen LogP contribution in [0.4, 0.5) is 4.79 Å². The number of amides is 2. The average Bonchev–Trinajstić information content (AvgIpc) is 3.00. The fraction of sp³-hybridized carbons (Fsp3) is 0.190. The number of methoxy groups -OCH3 is 1. The maximum absolute atomic E-state index is 12.7. The SMILES string of the molecule is COC(=O)[C@@H](C)N1C(=O)S/C(=C/c2cc(Br)c(OCc3ccc(Br)cc3)c(Br)c2)C1=O. The number of ether oxygens (including phenoxy) is 2. The Morgan fingerprint density at radius 1 is 1.13 bits per heavy atom. The normalized spacial score (nSPS) is 16.0. The number of imide groups is 1. The number of carbonyl (C=O) groups excluding carboxylic acids is 3. The molecule has 31 heavy (non-hydrogen) atoms. The van der Waals surface area contributed by atoms with Gasteiger partial charge in [0, 0.05) is 4.47 Å². The van der Waals surface area contributed by atoms with Crippen LogP contribution < -0.4 is 4.74 Å². The molecule has 10 heteroatoms. The maximum Gasteiger partial charge on any atom is 0.328 e. The summed E-state index contributed by atoms with van der Waals surface area (Å²) in [6, 6.07) is 10.4. The molecule has 2 aromatic carbocycles. The van der Waals surface area contributed by atoms with Gasteiger partial charge in [-0.3, -0.25) is 14.5 Å². The van der Waals surface area contributed by atoms with Crippen molar-refractivity contribution in [2.75, 3.05) is 7.11 Å². The molecule has 0 unspecified atom stereocenters. The van der Waals surface area contributed by atoms with Crippen LogP contribution in [0.25, 0.3) is 6.08 Å². The number of halogens is 3. The first kappa shape index (κ1) is 24.0. The topological polar surface area (TPSA) is 72.9 Å². The van der Waals surface area contributed by atoms with Gasteiger partial charge in [0.25, 0.3) is 11.1 Å². The number of nitrogens with zero attached hydrogens (tertiary/aromatic N) is 1. The molecule has 3 rings (SSSR count). The molecule has 0 aliphatic carbocycles. The van der Waals surface area contributed by atoms with Crippen LogP contribution in [-0.4, -0.2) is 35.2 Å². The molecule has 1 atom stereocenters. The van der Waals surface area contributed by atoms with Crippen molar-refractivity contribution >= 4 is 82.7 Å². The van der Waals surface area contributed by atoms with Crippen LogP contribution >= 0.6 is 59.6 Å². The van der Waals surface area contributed by atoms with E-state index in [4.69, 9.17) is 4.74 Å². The molecule has 0 spiro atoms. The van der Waals surface area contributed by atoms with Crippen molar-refractivity contribution < 1.29 is 23.9 Å². The van der Waals surface area contributed by atoms with Gasteiger partial charge < -0.3 is 9.47 Å². The highest BCUT2D eigenvalue weighted by atomic mass is 79.9. The highest BCUT2D eigenvalue weighted by Gasteiger charge is 2.41. The van der Waals surface area contributed by atoms with Gasteiger partial charge in [-0.15, -0.1) is 0 Å². The summed E-state index contributed by atoms with van der Waals surface area (Å²) >= 11 is 11.2. The Morgan fingerprint density at radius 3 is 2.32 bits per heavy atom. The van der Waals surface area contributed by atoms with E-state index in [1.165, 1.54) is 14.0 Å². The third-order valence-corrected chi connectivity index (χ3v) is 6.96. The molecule has 1 fully saturated rings. The van der Waals surface area contributed by atoms with E-state index >= 15 is 0 Å². The monoisotopic (exact) mass is 631 g/mol. The fourth-order valence-corrected chi connectivity index (χ4v) is 5.40. The van der Waals surface area contributed by atoms with Gasteiger partial charge in [-0.2, -0.15) is 0 Å². The molecule has 162 valence electrons. The minimum absolute atomic E-state index is 0.225. The summed E-state index contributed by atoms with van der Waals surface area (Å²) in [4.78, 5) is 37.8. The predicted octanol–water partition coefficient (Wildman–Crippen LogP) is 6.15. The van der Waals surface area contributed by atoms with Crippen LogP contribution in [0.1, 0.15) is 18.1 Å². The zero-order chi connectivity index (χ0) is 22.7. The molecule has 0 N–H and O–H groups in total. The van der Waals surface area contributed by atoms with Gasteiger partial charge in [0.05, 0.1) is 21.0 Å². The summed E-state index contributed by atoms with van der Waals surface area (Å²) in [5.74, 6) is -0.565. The van der Waals surface area contributed by atoms with Crippen LogP contribution in [0, 0.1) is 0 Å². The molecule has 0 aromatic heterocycles. The van der Waals surface area contributed by atoms with Crippen molar-refractivity contribution in [1.29, 1.82) is 0 Å². The Hall–Kier alpha value is -1.62. The van der Waals surface area contributed by atoms with E-state index in [9.17, 15) is 14.4 Å². The number of benzene rings is 2. The number of thioether (sulfide) groups is 1. The average molecular weight is 634 g/mol. The minimum Gasteiger partial charge on any atom is -0.487 e. The number of hydrogen-bond donors (Lipinski definition) is 0. The van der Waals surface area contributed by atoms with E-state index in [2.05, 4.69) is 52.5 Å². The summed E-state index contributed by atoms with van der Waals surface area (Å²) in [5.41, 5.74) is 1.70. The maximum atomic E-state index is 12.7. The zero-order valence-electron chi connectivity index (χ0n) is 16.4. The molecular formula is C21H16Br3NO5S. The zero-order valence-corrected chi connectivity index (χ0v) is 21.9. The second kappa shape index (κ2) is 10.3. The quantitative estimate of drug-likeness (QED) is 0.281. The van der Waals surface area contributed by atoms with E-state index in [1.54, 1.807) is 18.2 Å². The van der Waals surface area contributed by atoms with Crippen LogP contribution in [0.3, 0.4) is 0 Å². The first-order valence-electron chi connectivity index (χ1n) is 8.92. The Morgan fingerprint density at radius 2 is 1.74 bits per heavy atom. The van der Waals surface area contributed by atoms with E-state index in [0.717, 1.165) is 26.7 Å². The Labute approximate surface area is 208 Å². The summed E-state index contributed by atoms with van der Waals surface area (Å²) in [5, 5.41) is -0.512. The fourth-order valence-electron chi connectivity index (χ4n) is 2.78. The number of hydrogen-bond acceptors (Lipinski definition) is 6. The van der Waals surface area contributed by atoms with Gasteiger partial charge in [0.1, 0.15) is 18.4 Å². The van der Waals surface area contributed by atoms with Crippen molar-refractivity contribution in [3.63, 3.8) is 0 Å². The van der Waals surface area contributed by atoms with Gasteiger partial charge in [0.15, 0.2) is 0 Å². The molecule has 0 saturated carbocycles.